The second-order valence-electron chi connectivity index (χ2n) is 5.23. The van der Waals surface area contributed by atoms with Crippen molar-refractivity contribution in [1.82, 2.24) is 5.32 Å². The van der Waals surface area contributed by atoms with Crippen LogP contribution in [-0.2, 0) is 13.2 Å². The Labute approximate surface area is 131 Å². The second kappa shape index (κ2) is 8.18. The largest absolute Gasteiger partial charge is 0.489 e. The van der Waals surface area contributed by atoms with E-state index in [-0.39, 0.29) is 6.10 Å². The van der Waals surface area contributed by atoms with E-state index >= 15 is 0 Å². The SMILES string of the molecule is CC(O)CNCc1cccc(OCc2cccc(C#N)c2)c1. The third-order valence-corrected chi connectivity index (χ3v) is 3.13. The number of rotatable bonds is 7. The van der Waals surface area contributed by atoms with Gasteiger partial charge >= 0.3 is 0 Å². The van der Waals surface area contributed by atoms with E-state index in [1.165, 1.54) is 0 Å². The van der Waals surface area contributed by atoms with Crippen LogP contribution in [0.2, 0.25) is 0 Å². The summed E-state index contributed by atoms with van der Waals surface area (Å²) < 4.78 is 5.77. The van der Waals surface area contributed by atoms with Crippen LogP contribution in [0.25, 0.3) is 0 Å². The minimum atomic E-state index is -0.355. The number of nitrogens with one attached hydrogen (secondary N) is 1. The molecule has 4 nitrogen and oxygen atoms in total. The van der Waals surface area contributed by atoms with E-state index in [1.54, 1.807) is 13.0 Å². The van der Waals surface area contributed by atoms with Crippen LogP contribution in [0.3, 0.4) is 0 Å². The number of nitrogens with zero attached hydrogens (tertiary/aromatic N) is 1. The zero-order valence-electron chi connectivity index (χ0n) is 12.6. The maximum atomic E-state index is 9.23. The van der Waals surface area contributed by atoms with Crippen LogP contribution in [0, 0.1) is 11.3 Å². The van der Waals surface area contributed by atoms with Crippen LogP contribution in [0.5, 0.6) is 5.75 Å². The zero-order chi connectivity index (χ0) is 15.8. The number of nitriles is 1. The van der Waals surface area contributed by atoms with Gasteiger partial charge in [-0.05, 0) is 42.3 Å². The topological polar surface area (TPSA) is 65.3 Å². The van der Waals surface area contributed by atoms with Crippen LogP contribution < -0.4 is 10.1 Å². The first-order valence-corrected chi connectivity index (χ1v) is 7.27. The lowest BCUT2D eigenvalue weighted by Gasteiger charge is -2.10. The van der Waals surface area contributed by atoms with Crippen molar-refractivity contribution in [2.75, 3.05) is 6.54 Å². The first-order valence-electron chi connectivity index (χ1n) is 7.27. The molecule has 2 N–H and O–H groups in total. The van der Waals surface area contributed by atoms with Crippen LogP contribution in [-0.4, -0.2) is 17.8 Å². The predicted octanol–water partition coefficient (Wildman–Crippen LogP) is 2.61. The van der Waals surface area contributed by atoms with Gasteiger partial charge < -0.3 is 15.2 Å². The highest BCUT2D eigenvalue weighted by molar-refractivity contribution is 5.33. The average Bonchev–Trinajstić information content (AvgIpc) is 2.53. The predicted molar refractivity (Wildman–Crippen MR) is 85.3 cm³/mol. The maximum Gasteiger partial charge on any atom is 0.120 e. The molecule has 0 spiro atoms. The van der Waals surface area contributed by atoms with E-state index in [9.17, 15) is 5.11 Å². The molecule has 22 heavy (non-hydrogen) atoms. The summed E-state index contributed by atoms with van der Waals surface area (Å²) in [5.41, 5.74) is 2.71. The summed E-state index contributed by atoms with van der Waals surface area (Å²) in [6, 6.07) is 17.4. The molecular weight excluding hydrogens is 276 g/mol. The molecule has 0 aliphatic rings. The minimum absolute atomic E-state index is 0.355. The summed E-state index contributed by atoms with van der Waals surface area (Å²) >= 11 is 0. The van der Waals surface area contributed by atoms with E-state index in [0.29, 0.717) is 25.3 Å². The fourth-order valence-corrected chi connectivity index (χ4v) is 2.07. The molecular formula is C18H20N2O2. The van der Waals surface area contributed by atoms with Crippen molar-refractivity contribution < 1.29 is 9.84 Å². The molecule has 4 heteroatoms. The molecule has 0 saturated carbocycles. The highest BCUT2D eigenvalue weighted by atomic mass is 16.5. The Morgan fingerprint density at radius 3 is 2.73 bits per heavy atom. The normalized spacial score (nSPS) is 11.7. The number of aliphatic hydroxyl groups is 1. The Morgan fingerprint density at radius 1 is 1.18 bits per heavy atom. The molecule has 0 aliphatic heterocycles. The fraction of sp³-hybridized carbons (Fsp3) is 0.278. The number of ether oxygens (including phenoxy) is 1. The third kappa shape index (κ3) is 5.21. The molecule has 0 aromatic heterocycles. The summed E-state index contributed by atoms with van der Waals surface area (Å²) in [4.78, 5) is 0. The maximum absolute atomic E-state index is 9.23. The van der Waals surface area contributed by atoms with E-state index in [1.807, 2.05) is 42.5 Å². The van der Waals surface area contributed by atoms with Crippen molar-refractivity contribution in [3.63, 3.8) is 0 Å². The molecule has 2 aromatic carbocycles. The number of benzene rings is 2. The lowest BCUT2D eigenvalue weighted by Crippen LogP contribution is -2.23. The average molecular weight is 296 g/mol. The van der Waals surface area contributed by atoms with Crippen LogP contribution in [0.15, 0.2) is 48.5 Å². The Bertz CT molecular complexity index is 648. The highest BCUT2D eigenvalue weighted by Gasteiger charge is 2.00. The molecule has 0 aliphatic carbocycles. The number of hydrogen-bond acceptors (Lipinski definition) is 4. The smallest absolute Gasteiger partial charge is 0.120 e. The van der Waals surface area contributed by atoms with Crippen molar-refractivity contribution in [1.29, 1.82) is 5.26 Å². The lowest BCUT2D eigenvalue weighted by molar-refractivity contribution is 0.191. The molecule has 0 heterocycles. The zero-order valence-corrected chi connectivity index (χ0v) is 12.6. The lowest BCUT2D eigenvalue weighted by atomic mass is 10.1. The Hall–Kier alpha value is -2.35. The van der Waals surface area contributed by atoms with Gasteiger partial charge in [-0.3, -0.25) is 0 Å². The summed E-state index contributed by atoms with van der Waals surface area (Å²) in [5, 5.41) is 21.3. The molecule has 2 aromatic rings. The summed E-state index contributed by atoms with van der Waals surface area (Å²) in [6.07, 6.45) is -0.355. The minimum Gasteiger partial charge on any atom is -0.489 e. The molecule has 0 fully saturated rings. The van der Waals surface area contributed by atoms with Gasteiger partial charge in [0.25, 0.3) is 0 Å². The van der Waals surface area contributed by atoms with Crippen molar-refractivity contribution in [2.24, 2.45) is 0 Å². The Kier molecular flexibility index (Phi) is 5.96. The number of aliphatic hydroxyl groups excluding tert-OH is 1. The van der Waals surface area contributed by atoms with Crippen LogP contribution in [0.1, 0.15) is 23.6 Å². The van der Waals surface area contributed by atoms with Gasteiger partial charge in [0.2, 0.25) is 0 Å². The van der Waals surface area contributed by atoms with Crippen molar-refractivity contribution in [3.8, 4) is 11.8 Å². The summed E-state index contributed by atoms with van der Waals surface area (Å²) in [6.45, 7) is 3.43. The molecule has 0 bridgehead atoms. The quantitative estimate of drug-likeness (QED) is 0.824. The highest BCUT2D eigenvalue weighted by Crippen LogP contribution is 2.15. The van der Waals surface area contributed by atoms with E-state index in [0.717, 1.165) is 16.9 Å². The first kappa shape index (κ1) is 16.0. The van der Waals surface area contributed by atoms with Gasteiger partial charge in [-0.1, -0.05) is 24.3 Å². The molecule has 114 valence electrons. The molecule has 0 saturated heterocycles. The standard InChI is InChI=1S/C18H20N2O2/c1-14(21)11-20-12-16-5-3-7-18(9-16)22-13-17-6-2-4-15(8-17)10-19/h2-9,14,20-21H,11-13H2,1H3. The van der Waals surface area contributed by atoms with Gasteiger partial charge in [-0.2, -0.15) is 5.26 Å². The molecule has 1 unspecified atom stereocenters. The van der Waals surface area contributed by atoms with E-state index < -0.39 is 0 Å². The van der Waals surface area contributed by atoms with Gasteiger partial charge in [-0.15, -0.1) is 0 Å². The third-order valence-electron chi connectivity index (χ3n) is 3.13. The van der Waals surface area contributed by atoms with Crippen LogP contribution in [0.4, 0.5) is 0 Å². The monoisotopic (exact) mass is 296 g/mol. The van der Waals surface area contributed by atoms with Gasteiger partial charge in [0.15, 0.2) is 0 Å². The Balaban J connectivity index is 1.91. The molecule has 0 radical (unpaired) electrons. The van der Waals surface area contributed by atoms with Crippen LogP contribution >= 0.6 is 0 Å². The number of hydrogen-bond donors (Lipinski definition) is 2. The van der Waals surface area contributed by atoms with Gasteiger partial charge in [0.1, 0.15) is 12.4 Å². The first-order chi connectivity index (χ1) is 10.7. The molecule has 2 rings (SSSR count). The summed E-state index contributed by atoms with van der Waals surface area (Å²) in [5.74, 6) is 0.790. The van der Waals surface area contributed by atoms with Crippen molar-refractivity contribution >= 4 is 0 Å². The van der Waals surface area contributed by atoms with Crippen molar-refractivity contribution in [3.05, 3.63) is 65.2 Å². The van der Waals surface area contributed by atoms with Gasteiger partial charge in [0.05, 0.1) is 17.7 Å². The fourth-order valence-electron chi connectivity index (χ4n) is 2.07. The Morgan fingerprint density at radius 2 is 1.95 bits per heavy atom. The van der Waals surface area contributed by atoms with Gasteiger partial charge in [-0.25, -0.2) is 0 Å². The second-order valence-corrected chi connectivity index (χ2v) is 5.23. The molecule has 1 atom stereocenters. The van der Waals surface area contributed by atoms with Gasteiger partial charge in [0, 0.05) is 13.1 Å². The summed E-state index contributed by atoms with van der Waals surface area (Å²) in [7, 11) is 0. The van der Waals surface area contributed by atoms with E-state index in [2.05, 4.69) is 11.4 Å². The molecule has 0 amide bonds. The van der Waals surface area contributed by atoms with Crippen molar-refractivity contribution in [2.45, 2.75) is 26.2 Å². The van der Waals surface area contributed by atoms with E-state index in [4.69, 9.17) is 10.00 Å².